The molecule has 0 radical (unpaired) electrons. The van der Waals surface area contributed by atoms with Gasteiger partial charge in [-0.3, -0.25) is 0 Å². The lowest BCUT2D eigenvalue weighted by atomic mass is 10.1. The first-order valence-electron chi connectivity index (χ1n) is 6.34. The summed E-state index contributed by atoms with van der Waals surface area (Å²) < 4.78 is 10.6. The van der Waals surface area contributed by atoms with E-state index in [2.05, 4.69) is 26.0 Å². The van der Waals surface area contributed by atoms with Gasteiger partial charge < -0.3 is 19.6 Å². The Kier molecular flexibility index (Phi) is 4.16. The van der Waals surface area contributed by atoms with Crippen molar-refractivity contribution in [3.8, 4) is 0 Å². The standard InChI is InChI=1S/C12H19N5O2/c1-5-13-6-10-15-16-12(18-10)14-7(2)11-8(3)17-19-9(11)4/h7,13H,5-6H2,1-4H3,(H,14,16). The average Bonchev–Trinajstić information content (AvgIpc) is 2.94. The number of rotatable bonds is 6. The topological polar surface area (TPSA) is 89.0 Å². The minimum Gasteiger partial charge on any atom is -0.407 e. The van der Waals surface area contributed by atoms with Crippen LogP contribution in [0.25, 0.3) is 0 Å². The fourth-order valence-electron chi connectivity index (χ4n) is 1.98. The zero-order chi connectivity index (χ0) is 13.8. The van der Waals surface area contributed by atoms with Crippen LogP contribution in [0.3, 0.4) is 0 Å². The van der Waals surface area contributed by atoms with Crippen LogP contribution in [-0.2, 0) is 6.54 Å². The van der Waals surface area contributed by atoms with Crippen LogP contribution in [-0.4, -0.2) is 21.9 Å². The number of nitrogens with zero attached hydrogens (tertiary/aromatic N) is 3. The third-order valence-electron chi connectivity index (χ3n) is 2.85. The third kappa shape index (κ3) is 3.11. The second-order valence-corrected chi connectivity index (χ2v) is 4.39. The molecule has 0 saturated carbocycles. The predicted octanol–water partition coefficient (Wildman–Crippen LogP) is 1.96. The minimum absolute atomic E-state index is 0.00122. The Hall–Kier alpha value is -1.89. The maximum absolute atomic E-state index is 5.49. The van der Waals surface area contributed by atoms with Crippen LogP contribution in [0, 0.1) is 13.8 Å². The van der Waals surface area contributed by atoms with Crippen LogP contribution in [0.1, 0.15) is 42.8 Å². The molecule has 0 aliphatic rings. The summed E-state index contributed by atoms with van der Waals surface area (Å²) in [6, 6.07) is 0.402. The Balaban J connectivity index is 2.03. The van der Waals surface area contributed by atoms with E-state index in [1.807, 2.05) is 27.7 Å². The molecule has 1 unspecified atom stereocenters. The van der Waals surface area contributed by atoms with E-state index in [-0.39, 0.29) is 6.04 Å². The summed E-state index contributed by atoms with van der Waals surface area (Å²) in [4.78, 5) is 0. The van der Waals surface area contributed by atoms with E-state index in [0.29, 0.717) is 18.5 Å². The molecule has 0 aliphatic carbocycles. The number of aryl methyl sites for hydroxylation is 2. The van der Waals surface area contributed by atoms with Crippen molar-refractivity contribution in [3.05, 3.63) is 22.9 Å². The Labute approximate surface area is 111 Å². The number of anilines is 1. The van der Waals surface area contributed by atoms with E-state index in [4.69, 9.17) is 8.94 Å². The molecule has 0 saturated heterocycles. The fraction of sp³-hybridized carbons (Fsp3) is 0.583. The Morgan fingerprint density at radius 2 is 2.05 bits per heavy atom. The highest BCUT2D eigenvalue weighted by atomic mass is 16.5. The smallest absolute Gasteiger partial charge is 0.315 e. The lowest BCUT2D eigenvalue weighted by Crippen LogP contribution is -2.11. The van der Waals surface area contributed by atoms with Gasteiger partial charge >= 0.3 is 6.01 Å². The summed E-state index contributed by atoms with van der Waals surface area (Å²) in [5.74, 6) is 1.36. The highest BCUT2D eigenvalue weighted by Gasteiger charge is 2.18. The molecule has 0 spiro atoms. The highest BCUT2D eigenvalue weighted by Crippen LogP contribution is 2.24. The molecule has 0 bridgehead atoms. The molecule has 1 atom stereocenters. The van der Waals surface area contributed by atoms with Crippen LogP contribution < -0.4 is 10.6 Å². The molecular weight excluding hydrogens is 246 g/mol. The second kappa shape index (κ2) is 5.83. The van der Waals surface area contributed by atoms with Crippen LogP contribution in [0.4, 0.5) is 6.01 Å². The van der Waals surface area contributed by atoms with Gasteiger partial charge in [0.05, 0.1) is 18.3 Å². The molecule has 7 heteroatoms. The quantitative estimate of drug-likeness (QED) is 0.825. The molecule has 19 heavy (non-hydrogen) atoms. The van der Waals surface area contributed by atoms with Gasteiger partial charge in [0.15, 0.2) is 0 Å². The van der Waals surface area contributed by atoms with Gasteiger partial charge in [0, 0.05) is 5.56 Å². The lowest BCUT2D eigenvalue weighted by molar-refractivity contribution is 0.391. The molecule has 0 aliphatic heterocycles. The van der Waals surface area contributed by atoms with E-state index >= 15 is 0 Å². The first-order chi connectivity index (χ1) is 9.11. The van der Waals surface area contributed by atoms with Crippen LogP contribution in [0.2, 0.25) is 0 Å². The first kappa shape index (κ1) is 13.5. The van der Waals surface area contributed by atoms with E-state index < -0.39 is 0 Å². The Bertz CT molecular complexity index is 514. The van der Waals surface area contributed by atoms with Gasteiger partial charge in [0.25, 0.3) is 0 Å². The summed E-state index contributed by atoms with van der Waals surface area (Å²) >= 11 is 0. The summed E-state index contributed by atoms with van der Waals surface area (Å²) in [5, 5.41) is 18.1. The maximum Gasteiger partial charge on any atom is 0.315 e. The molecule has 2 rings (SSSR count). The van der Waals surface area contributed by atoms with Gasteiger partial charge in [-0.25, -0.2) is 0 Å². The van der Waals surface area contributed by atoms with Crippen LogP contribution in [0.5, 0.6) is 0 Å². The minimum atomic E-state index is -0.00122. The monoisotopic (exact) mass is 265 g/mol. The van der Waals surface area contributed by atoms with Crippen LogP contribution in [0.15, 0.2) is 8.94 Å². The largest absolute Gasteiger partial charge is 0.407 e. The summed E-state index contributed by atoms with van der Waals surface area (Å²) in [6.07, 6.45) is 0. The van der Waals surface area contributed by atoms with Crippen molar-refractivity contribution in [3.63, 3.8) is 0 Å². The Morgan fingerprint density at radius 1 is 1.26 bits per heavy atom. The molecular formula is C12H19N5O2. The highest BCUT2D eigenvalue weighted by molar-refractivity contribution is 5.32. The van der Waals surface area contributed by atoms with E-state index in [9.17, 15) is 0 Å². The van der Waals surface area contributed by atoms with Crippen molar-refractivity contribution in [1.29, 1.82) is 0 Å². The average molecular weight is 265 g/mol. The zero-order valence-electron chi connectivity index (χ0n) is 11.6. The molecule has 2 aromatic heterocycles. The van der Waals surface area contributed by atoms with Gasteiger partial charge in [-0.1, -0.05) is 17.2 Å². The zero-order valence-corrected chi connectivity index (χ0v) is 11.6. The molecule has 7 nitrogen and oxygen atoms in total. The molecule has 2 aromatic rings. The van der Waals surface area contributed by atoms with E-state index in [0.717, 1.165) is 23.6 Å². The number of aromatic nitrogens is 3. The van der Waals surface area contributed by atoms with Crippen molar-refractivity contribution in [2.75, 3.05) is 11.9 Å². The van der Waals surface area contributed by atoms with Crippen molar-refractivity contribution in [2.24, 2.45) is 0 Å². The third-order valence-corrected chi connectivity index (χ3v) is 2.85. The Morgan fingerprint density at radius 3 is 2.68 bits per heavy atom. The molecule has 0 amide bonds. The van der Waals surface area contributed by atoms with Crippen molar-refractivity contribution >= 4 is 6.01 Å². The molecule has 0 aromatic carbocycles. The van der Waals surface area contributed by atoms with Gasteiger partial charge in [-0.2, -0.15) is 0 Å². The van der Waals surface area contributed by atoms with Crippen molar-refractivity contribution in [2.45, 2.75) is 40.3 Å². The first-order valence-corrected chi connectivity index (χ1v) is 6.34. The molecule has 104 valence electrons. The van der Waals surface area contributed by atoms with Gasteiger partial charge in [-0.05, 0) is 27.3 Å². The van der Waals surface area contributed by atoms with Gasteiger partial charge in [0.2, 0.25) is 5.89 Å². The number of hydrogen-bond donors (Lipinski definition) is 2. The normalized spacial score (nSPS) is 12.6. The van der Waals surface area contributed by atoms with Crippen molar-refractivity contribution < 1.29 is 8.94 Å². The van der Waals surface area contributed by atoms with Gasteiger partial charge in [-0.15, -0.1) is 5.10 Å². The molecule has 2 heterocycles. The molecule has 2 N–H and O–H groups in total. The maximum atomic E-state index is 5.49. The van der Waals surface area contributed by atoms with Crippen molar-refractivity contribution in [1.82, 2.24) is 20.7 Å². The lowest BCUT2D eigenvalue weighted by Gasteiger charge is -2.10. The van der Waals surface area contributed by atoms with Gasteiger partial charge in [0.1, 0.15) is 5.76 Å². The summed E-state index contributed by atoms with van der Waals surface area (Å²) in [6.45, 7) is 9.26. The molecule has 0 fully saturated rings. The van der Waals surface area contributed by atoms with E-state index in [1.165, 1.54) is 0 Å². The summed E-state index contributed by atoms with van der Waals surface area (Å²) in [5.41, 5.74) is 1.89. The van der Waals surface area contributed by atoms with Crippen LogP contribution >= 0.6 is 0 Å². The number of nitrogens with one attached hydrogen (secondary N) is 2. The van der Waals surface area contributed by atoms with E-state index in [1.54, 1.807) is 0 Å². The summed E-state index contributed by atoms with van der Waals surface area (Å²) in [7, 11) is 0. The second-order valence-electron chi connectivity index (χ2n) is 4.39. The fourth-order valence-corrected chi connectivity index (χ4v) is 1.98. The number of hydrogen-bond acceptors (Lipinski definition) is 7. The SMILES string of the molecule is CCNCc1nnc(NC(C)c2c(C)noc2C)o1. The predicted molar refractivity (Wildman–Crippen MR) is 69.7 cm³/mol.